The molecule has 0 aliphatic heterocycles. The van der Waals surface area contributed by atoms with Crippen LogP contribution in [0.25, 0.3) is 0 Å². The van der Waals surface area contributed by atoms with E-state index in [0.717, 1.165) is 4.88 Å². The van der Waals surface area contributed by atoms with Crippen molar-refractivity contribution in [2.45, 2.75) is 19.4 Å². The average Bonchev–Trinajstić information content (AvgIpc) is 2.66. The molecular weight excluding hydrogens is 232 g/mol. The van der Waals surface area contributed by atoms with Crippen molar-refractivity contribution in [3.8, 4) is 0 Å². The van der Waals surface area contributed by atoms with Gasteiger partial charge in [-0.1, -0.05) is 6.07 Å². The highest BCUT2D eigenvalue weighted by Crippen LogP contribution is 2.09. The lowest BCUT2D eigenvalue weighted by Gasteiger charge is -2.11. The summed E-state index contributed by atoms with van der Waals surface area (Å²) in [5, 5.41) is 1.94. The molecule has 0 saturated carbocycles. The van der Waals surface area contributed by atoms with Crippen LogP contribution < -0.4 is 10.5 Å². The molecule has 1 rings (SSSR count). The Morgan fingerprint density at radius 3 is 2.87 bits per heavy atom. The summed E-state index contributed by atoms with van der Waals surface area (Å²) in [6.07, 6.45) is 0.560. The largest absolute Gasteiger partial charge is 0.329 e. The first-order valence-corrected chi connectivity index (χ1v) is 7.29. The fraction of sp³-hybridized carbons (Fsp3) is 0.556. The van der Waals surface area contributed by atoms with Crippen molar-refractivity contribution < 1.29 is 8.42 Å². The monoisotopic (exact) mass is 248 g/mol. The van der Waals surface area contributed by atoms with Gasteiger partial charge in [0.05, 0.1) is 5.75 Å². The summed E-state index contributed by atoms with van der Waals surface area (Å²) in [4.78, 5) is 1.08. The first kappa shape index (κ1) is 12.6. The van der Waals surface area contributed by atoms with Gasteiger partial charge in [0.15, 0.2) is 0 Å². The van der Waals surface area contributed by atoms with Crippen molar-refractivity contribution in [2.24, 2.45) is 5.73 Å². The van der Waals surface area contributed by atoms with E-state index in [1.807, 2.05) is 17.5 Å². The number of hydrogen-bond acceptors (Lipinski definition) is 4. The number of nitrogens with one attached hydrogen (secondary N) is 1. The lowest BCUT2D eigenvalue weighted by atomic mass is 10.4. The molecule has 15 heavy (non-hydrogen) atoms. The Bertz CT molecular complexity index is 373. The van der Waals surface area contributed by atoms with Gasteiger partial charge in [-0.2, -0.15) is 0 Å². The quantitative estimate of drug-likeness (QED) is 0.772. The van der Waals surface area contributed by atoms with Gasteiger partial charge in [0.2, 0.25) is 10.0 Å². The molecule has 0 unspecified atom stereocenters. The van der Waals surface area contributed by atoms with Crippen molar-refractivity contribution in [1.82, 2.24) is 4.72 Å². The van der Waals surface area contributed by atoms with Crippen LogP contribution in [0.3, 0.4) is 0 Å². The first-order chi connectivity index (χ1) is 7.03. The van der Waals surface area contributed by atoms with Gasteiger partial charge in [-0.3, -0.25) is 0 Å². The number of rotatable bonds is 6. The van der Waals surface area contributed by atoms with Gasteiger partial charge in [-0.25, -0.2) is 13.1 Å². The molecule has 1 heterocycles. The summed E-state index contributed by atoms with van der Waals surface area (Å²) in [6.45, 7) is 2.07. The van der Waals surface area contributed by atoms with E-state index in [1.165, 1.54) is 0 Å². The Labute approximate surface area is 94.5 Å². The summed E-state index contributed by atoms with van der Waals surface area (Å²) in [6, 6.07) is 3.66. The fourth-order valence-corrected chi connectivity index (χ4v) is 3.26. The molecule has 0 radical (unpaired) electrons. The molecule has 1 aromatic rings. The Morgan fingerprint density at radius 1 is 1.60 bits per heavy atom. The molecule has 0 bridgehead atoms. The molecule has 1 aromatic heterocycles. The van der Waals surface area contributed by atoms with E-state index in [2.05, 4.69) is 4.72 Å². The molecule has 86 valence electrons. The number of thiophene rings is 1. The van der Waals surface area contributed by atoms with E-state index >= 15 is 0 Å². The molecule has 3 N–H and O–H groups in total. The lowest BCUT2D eigenvalue weighted by molar-refractivity contribution is 0.562. The first-order valence-electron chi connectivity index (χ1n) is 4.76. The second kappa shape index (κ2) is 5.60. The standard InChI is InChI=1S/C9H16N2O2S2/c1-8(7-10)11-15(12,13)6-4-9-3-2-5-14-9/h2-3,5,8,11H,4,6-7,10H2,1H3/t8-/m1/s1. The van der Waals surface area contributed by atoms with E-state index < -0.39 is 10.0 Å². The third kappa shape index (κ3) is 4.74. The normalized spacial score (nSPS) is 14.0. The lowest BCUT2D eigenvalue weighted by Crippen LogP contribution is -2.39. The highest BCUT2D eigenvalue weighted by atomic mass is 32.2. The van der Waals surface area contributed by atoms with Gasteiger partial charge >= 0.3 is 0 Å². The van der Waals surface area contributed by atoms with Gasteiger partial charge in [-0.15, -0.1) is 11.3 Å². The third-order valence-corrected chi connectivity index (χ3v) is 4.37. The zero-order valence-corrected chi connectivity index (χ0v) is 10.3. The minimum absolute atomic E-state index is 0.123. The molecule has 4 nitrogen and oxygen atoms in total. The van der Waals surface area contributed by atoms with Gasteiger partial charge < -0.3 is 5.73 Å². The van der Waals surface area contributed by atoms with Crippen molar-refractivity contribution in [2.75, 3.05) is 12.3 Å². The molecule has 0 fully saturated rings. The van der Waals surface area contributed by atoms with E-state index in [9.17, 15) is 8.42 Å². The number of aryl methyl sites for hydroxylation is 1. The van der Waals surface area contributed by atoms with Crippen LogP contribution in [-0.2, 0) is 16.4 Å². The van der Waals surface area contributed by atoms with Gasteiger partial charge in [0.25, 0.3) is 0 Å². The number of hydrogen-bond donors (Lipinski definition) is 2. The third-order valence-electron chi connectivity index (χ3n) is 1.93. The molecule has 0 saturated heterocycles. The molecule has 1 atom stereocenters. The van der Waals surface area contributed by atoms with Crippen molar-refractivity contribution in [3.63, 3.8) is 0 Å². The van der Waals surface area contributed by atoms with Crippen molar-refractivity contribution >= 4 is 21.4 Å². The van der Waals surface area contributed by atoms with E-state index in [1.54, 1.807) is 18.3 Å². The molecular formula is C9H16N2O2S2. The van der Waals surface area contributed by atoms with Gasteiger partial charge in [-0.05, 0) is 24.8 Å². The fourth-order valence-electron chi connectivity index (χ4n) is 1.10. The van der Waals surface area contributed by atoms with Crippen LogP contribution in [0.2, 0.25) is 0 Å². The average molecular weight is 248 g/mol. The molecule has 0 aromatic carbocycles. The van der Waals surface area contributed by atoms with Crippen LogP contribution in [0.15, 0.2) is 17.5 Å². The minimum atomic E-state index is -3.19. The molecule has 0 amide bonds. The second-order valence-electron chi connectivity index (χ2n) is 3.40. The summed E-state index contributed by atoms with van der Waals surface area (Å²) >= 11 is 1.57. The van der Waals surface area contributed by atoms with Gasteiger partial charge in [0.1, 0.15) is 0 Å². The van der Waals surface area contributed by atoms with E-state index in [4.69, 9.17) is 5.73 Å². The Balaban J connectivity index is 2.43. The SMILES string of the molecule is C[C@H](CN)NS(=O)(=O)CCc1cccs1. The molecule has 0 aliphatic rings. The Hall–Kier alpha value is -0.430. The van der Waals surface area contributed by atoms with Crippen LogP contribution in [0.4, 0.5) is 0 Å². The van der Waals surface area contributed by atoms with Crippen LogP contribution in [0, 0.1) is 0 Å². The van der Waals surface area contributed by atoms with Crippen LogP contribution in [-0.4, -0.2) is 26.8 Å². The van der Waals surface area contributed by atoms with Crippen LogP contribution in [0.5, 0.6) is 0 Å². The minimum Gasteiger partial charge on any atom is -0.329 e. The van der Waals surface area contributed by atoms with E-state index in [0.29, 0.717) is 13.0 Å². The van der Waals surface area contributed by atoms with Crippen molar-refractivity contribution in [1.29, 1.82) is 0 Å². The Kier molecular flexibility index (Phi) is 4.72. The summed E-state index contributed by atoms with van der Waals surface area (Å²) in [7, 11) is -3.19. The Morgan fingerprint density at radius 2 is 2.33 bits per heavy atom. The predicted molar refractivity (Wildman–Crippen MR) is 63.5 cm³/mol. The number of sulfonamides is 1. The molecule has 0 spiro atoms. The smallest absolute Gasteiger partial charge is 0.212 e. The summed E-state index contributed by atoms with van der Waals surface area (Å²) < 4.78 is 25.6. The zero-order chi connectivity index (χ0) is 11.3. The van der Waals surface area contributed by atoms with Crippen LogP contribution >= 0.6 is 11.3 Å². The predicted octanol–water partition coefficient (Wildman–Crippen LogP) is 0.557. The van der Waals surface area contributed by atoms with Crippen molar-refractivity contribution in [3.05, 3.63) is 22.4 Å². The highest BCUT2D eigenvalue weighted by Gasteiger charge is 2.13. The maximum Gasteiger partial charge on any atom is 0.212 e. The van der Waals surface area contributed by atoms with Gasteiger partial charge in [0, 0.05) is 17.5 Å². The maximum atomic E-state index is 11.5. The summed E-state index contributed by atoms with van der Waals surface area (Å²) in [5.74, 6) is 0.123. The molecule has 6 heteroatoms. The topological polar surface area (TPSA) is 72.2 Å². The maximum absolute atomic E-state index is 11.5. The van der Waals surface area contributed by atoms with Crippen LogP contribution in [0.1, 0.15) is 11.8 Å². The highest BCUT2D eigenvalue weighted by molar-refractivity contribution is 7.89. The second-order valence-corrected chi connectivity index (χ2v) is 6.31. The summed E-state index contributed by atoms with van der Waals surface area (Å²) in [5.41, 5.74) is 5.35. The molecule has 0 aliphatic carbocycles. The van der Waals surface area contributed by atoms with E-state index in [-0.39, 0.29) is 11.8 Å². The zero-order valence-electron chi connectivity index (χ0n) is 8.64. The number of nitrogens with two attached hydrogens (primary N) is 1.